The zero-order valence-electron chi connectivity index (χ0n) is 11.4. The third-order valence-electron chi connectivity index (χ3n) is 2.78. The number of anilines is 1. The van der Waals surface area contributed by atoms with E-state index in [1.807, 2.05) is 43.3 Å². The number of furan rings is 1. The molecule has 0 atom stereocenters. The van der Waals surface area contributed by atoms with Gasteiger partial charge in [-0.25, -0.2) is 0 Å². The van der Waals surface area contributed by atoms with Crippen LogP contribution < -0.4 is 5.32 Å². The summed E-state index contributed by atoms with van der Waals surface area (Å²) in [5.74, 6) is 1.77. The smallest absolute Gasteiger partial charge is 0.253 e. The van der Waals surface area contributed by atoms with Gasteiger partial charge in [0.2, 0.25) is 0 Å². The number of nitrogens with zero attached hydrogens (tertiary/aromatic N) is 1. The Morgan fingerprint density at radius 3 is 2.68 bits per heavy atom. The molecule has 0 saturated heterocycles. The predicted octanol–water partition coefficient (Wildman–Crippen LogP) is 2.90. The van der Waals surface area contributed by atoms with Crippen molar-refractivity contribution in [1.29, 1.82) is 0 Å². The summed E-state index contributed by atoms with van der Waals surface area (Å²) >= 11 is 0. The number of hydrogen-bond acceptors (Lipinski definition) is 3. The standard InChI is InChI=1S/C15H18N2O2/c1-11-7-8-14(19-11)10-16-13-6-4-5-12(9-13)15(18)17(2)3/h4-9,16H,10H2,1-3H3. The lowest BCUT2D eigenvalue weighted by Gasteiger charge is -2.11. The van der Waals surface area contributed by atoms with Crippen molar-refractivity contribution in [2.75, 3.05) is 19.4 Å². The van der Waals surface area contributed by atoms with E-state index >= 15 is 0 Å². The van der Waals surface area contributed by atoms with Crippen LogP contribution in [0.15, 0.2) is 40.8 Å². The van der Waals surface area contributed by atoms with Gasteiger partial charge in [0.05, 0.1) is 6.54 Å². The van der Waals surface area contributed by atoms with Crippen molar-refractivity contribution in [3.63, 3.8) is 0 Å². The fourth-order valence-corrected chi connectivity index (χ4v) is 1.79. The number of amides is 1. The first-order valence-corrected chi connectivity index (χ1v) is 6.17. The van der Waals surface area contributed by atoms with Gasteiger partial charge in [0.1, 0.15) is 11.5 Å². The highest BCUT2D eigenvalue weighted by molar-refractivity contribution is 5.94. The first-order chi connectivity index (χ1) is 9.06. The highest BCUT2D eigenvalue weighted by Gasteiger charge is 2.08. The zero-order chi connectivity index (χ0) is 13.8. The summed E-state index contributed by atoms with van der Waals surface area (Å²) in [5, 5.41) is 3.24. The Morgan fingerprint density at radius 1 is 1.26 bits per heavy atom. The fraction of sp³-hybridized carbons (Fsp3) is 0.267. The Bertz CT molecular complexity index is 573. The van der Waals surface area contributed by atoms with Crippen LogP contribution in [0, 0.1) is 6.92 Å². The van der Waals surface area contributed by atoms with Crippen molar-refractivity contribution in [2.24, 2.45) is 0 Å². The molecule has 1 heterocycles. The van der Waals surface area contributed by atoms with Gasteiger partial charge < -0.3 is 14.6 Å². The van der Waals surface area contributed by atoms with E-state index in [2.05, 4.69) is 5.32 Å². The summed E-state index contributed by atoms with van der Waals surface area (Å²) in [6, 6.07) is 11.3. The van der Waals surface area contributed by atoms with Gasteiger partial charge in [-0.15, -0.1) is 0 Å². The molecule has 0 bridgehead atoms. The van der Waals surface area contributed by atoms with E-state index in [1.165, 1.54) is 0 Å². The SMILES string of the molecule is Cc1ccc(CNc2cccc(C(=O)N(C)C)c2)o1. The maximum Gasteiger partial charge on any atom is 0.253 e. The second-order valence-electron chi connectivity index (χ2n) is 4.65. The highest BCUT2D eigenvalue weighted by Crippen LogP contribution is 2.14. The summed E-state index contributed by atoms with van der Waals surface area (Å²) in [4.78, 5) is 13.4. The quantitative estimate of drug-likeness (QED) is 0.917. The number of aryl methyl sites for hydroxylation is 1. The average Bonchev–Trinajstić information content (AvgIpc) is 2.81. The van der Waals surface area contributed by atoms with E-state index in [4.69, 9.17) is 4.42 Å². The normalized spacial score (nSPS) is 10.3. The second-order valence-corrected chi connectivity index (χ2v) is 4.65. The van der Waals surface area contributed by atoms with E-state index in [-0.39, 0.29) is 5.91 Å². The second kappa shape index (κ2) is 5.61. The van der Waals surface area contributed by atoms with Crippen LogP contribution in [0.25, 0.3) is 0 Å². The number of hydrogen-bond donors (Lipinski definition) is 1. The van der Waals surface area contributed by atoms with Gasteiger partial charge >= 0.3 is 0 Å². The first-order valence-electron chi connectivity index (χ1n) is 6.17. The van der Waals surface area contributed by atoms with Crippen molar-refractivity contribution >= 4 is 11.6 Å². The molecular formula is C15H18N2O2. The number of nitrogens with one attached hydrogen (secondary N) is 1. The zero-order valence-corrected chi connectivity index (χ0v) is 11.4. The van der Waals surface area contributed by atoms with Crippen molar-refractivity contribution < 1.29 is 9.21 Å². The largest absolute Gasteiger partial charge is 0.465 e. The van der Waals surface area contributed by atoms with Crippen LogP contribution in [0.3, 0.4) is 0 Å². The third-order valence-corrected chi connectivity index (χ3v) is 2.78. The van der Waals surface area contributed by atoms with Gasteiger partial charge in [0.15, 0.2) is 0 Å². The molecule has 0 radical (unpaired) electrons. The molecule has 0 spiro atoms. The van der Waals surface area contributed by atoms with Crippen molar-refractivity contribution in [3.8, 4) is 0 Å². The van der Waals surface area contributed by atoms with Crippen LogP contribution in [0.2, 0.25) is 0 Å². The van der Waals surface area contributed by atoms with E-state index in [9.17, 15) is 4.79 Å². The van der Waals surface area contributed by atoms with Gasteiger partial charge in [-0.3, -0.25) is 4.79 Å². The summed E-state index contributed by atoms with van der Waals surface area (Å²) in [7, 11) is 3.49. The van der Waals surface area contributed by atoms with Crippen LogP contribution in [0.1, 0.15) is 21.9 Å². The summed E-state index contributed by atoms with van der Waals surface area (Å²) in [6.45, 7) is 2.52. The van der Waals surface area contributed by atoms with E-state index < -0.39 is 0 Å². The molecular weight excluding hydrogens is 240 g/mol. The van der Waals surface area contributed by atoms with Gasteiger partial charge in [-0.05, 0) is 37.3 Å². The molecule has 0 aliphatic carbocycles. The van der Waals surface area contributed by atoms with Crippen LogP contribution in [-0.2, 0) is 6.54 Å². The predicted molar refractivity (Wildman–Crippen MR) is 75.2 cm³/mol. The molecule has 100 valence electrons. The summed E-state index contributed by atoms with van der Waals surface area (Å²) in [5.41, 5.74) is 1.58. The molecule has 1 aromatic heterocycles. The molecule has 1 N–H and O–H groups in total. The van der Waals surface area contributed by atoms with Gasteiger partial charge in [-0.1, -0.05) is 6.07 Å². The highest BCUT2D eigenvalue weighted by atomic mass is 16.3. The van der Waals surface area contributed by atoms with Crippen molar-refractivity contribution in [1.82, 2.24) is 4.90 Å². The van der Waals surface area contributed by atoms with Crippen molar-refractivity contribution in [2.45, 2.75) is 13.5 Å². The van der Waals surface area contributed by atoms with Crippen LogP contribution in [0.5, 0.6) is 0 Å². The number of benzene rings is 1. The molecule has 1 amide bonds. The van der Waals surface area contributed by atoms with Crippen LogP contribution >= 0.6 is 0 Å². The van der Waals surface area contributed by atoms with E-state index in [0.717, 1.165) is 17.2 Å². The molecule has 4 nitrogen and oxygen atoms in total. The molecule has 2 aromatic rings. The molecule has 0 unspecified atom stereocenters. The number of carbonyl (C=O) groups excluding carboxylic acids is 1. The van der Waals surface area contributed by atoms with Gasteiger partial charge in [0.25, 0.3) is 5.91 Å². The van der Waals surface area contributed by atoms with E-state index in [1.54, 1.807) is 19.0 Å². The van der Waals surface area contributed by atoms with Crippen molar-refractivity contribution in [3.05, 3.63) is 53.5 Å². The molecule has 0 saturated carbocycles. The monoisotopic (exact) mass is 258 g/mol. The fourth-order valence-electron chi connectivity index (χ4n) is 1.79. The van der Waals surface area contributed by atoms with Crippen LogP contribution in [0.4, 0.5) is 5.69 Å². The molecule has 19 heavy (non-hydrogen) atoms. The van der Waals surface area contributed by atoms with E-state index in [0.29, 0.717) is 12.1 Å². The lowest BCUT2D eigenvalue weighted by molar-refractivity contribution is 0.0827. The number of carbonyl (C=O) groups is 1. The average molecular weight is 258 g/mol. The molecule has 4 heteroatoms. The third kappa shape index (κ3) is 3.37. The Labute approximate surface area is 113 Å². The van der Waals surface area contributed by atoms with Gasteiger partial charge in [-0.2, -0.15) is 0 Å². The van der Waals surface area contributed by atoms with Gasteiger partial charge in [0, 0.05) is 25.3 Å². The maximum absolute atomic E-state index is 11.9. The summed E-state index contributed by atoms with van der Waals surface area (Å²) in [6.07, 6.45) is 0. The molecule has 0 aliphatic heterocycles. The minimum atomic E-state index is -0.00232. The summed E-state index contributed by atoms with van der Waals surface area (Å²) < 4.78 is 5.48. The lowest BCUT2D eigenvalue weighted by Crippen LogP contribution is -2.21. The minimum absolute atomic E-state index is 0.00232. The Kier molecular flexibility index (Phi) is 3.90. The molecule has 2 rings (SSSR count). The number of rotatable bonds is 4. The minimum Gasteiger partial charge on any atom is -0.465 e. The Hall–Kier alpha value is -2.23. The first kappa shape index (κ1) is 13.2. The topological polar surface area (TPSA) is 45.5 Å². The Morgan fingerprint density at radius 2 is 2.05 bits per heavy atom. The molecule has 0 fully saturated rings. The Balaban J connectivity index is 2.05. The maximum atomic E-state index is 11.9. The molecule has 0 aliphatic rings. The lowest BCUT2D eigenvalue weighted by atomic mass is 10.2. The van der Waals surface area contributed by atoms with Crippen LogP contribution in [-0.4, -0.2) is 24.9 Å². The molecule has 1 aromatic carbocycles.